The monoisotopic (exact) mass is 499 g/mol. The van der Waals surface area contributed by atoms with Gasteiger partial charge in [0.2, 0.25) is 5.91 Å². The molecule has 1 fully saturated rings. The topological polar surface area (TPSA) is 103 Å². The van der Waals surface area contributed by atoms with E-state index < -0.39 is 10.2 Å². The minimum atomic E-state index is -0.683. The molecule has 5 rings (SSSR count). The number of nitrogens with zero attached hydrogens (tertiary/aromatic N) is 4. The van der Waals surface area contributed by atoms with Crippen molar-refractivity contribution in [2.45, 2.75) is 42.6 Å². The van der Waals surface area contributed by atoms with Gasteiger partial charge in [0.05, 0.1) is 11.5 Å². The average molecular weight is 500 g/mol. The van der Waals surface area contributed by atoms with Gasteiger partial charge in [-0.2, -0.15) is 0 Å². The van der Waals surface area contributed by atoms with Crippen LogP contribution >= 0.6 is 11.8 Å². The van der Waals surface area contributed by atoms with Crippen LogP contribution in [0.2, 0.25) is 0 Å². The number of amides is 1. The Kier molecular flexibility index (Phi) is 6.81. The van der Waals surface area contributed by atoms with E-state index >= 15 is 0 Å². The molecule has 0 radical (unpaired) electrons. The molecule has 1 atom stereocenters. The van der Waals surface area contributed by atoms with Gasteiger partial charge in [-0.25, -0.2) is 0 Å². The van der Waals surface area contributed by atoms with Crippen molar-refractivity contribution in [2.75, 3.05) is 5.32 Å². The highest BCUT2D eigenvalue weighted by molar-refractivity contribution is 8.00. The Hall–Kier alpha value is -3.98. The standard InChI is InChI=1S/C27H25N5O3S/c1-18-12-15-22(23(16-18)32(34)35)28-26(33)24(20-10-6-3-7-11-20)36-27-30-29-25(21-13-14-21)31(27)17-19-8-4-2-5-9-19/h2-12,15-16,21,24H,13-14,17H2,1H3,(H,28,33). The molecule has 1 saturated carbocycles. The predicted molar refractivity (Wildman–Crippen MR) is 139 cm³/mol. The van der Waals surface area contributed by atoms with E-state index in [1.54, 1.807) is 19.1 Å². The lowest BCUT2D eigenvalue weighted by atomic mass is 10.1. The molecule has 36 heavy (non-hydrogen) atoms. The van der Waals surface area contributed by atoms with Gasteiger partial charge in [0.15, 0.2) is 5.16 Å². The number of aromatic nitrogens is 3. The molecule has 1 aliphatic carbocycles. The number of hydrogen-bond donors (Lipinski definition) is 1. The maximum absolute atomic E-state index is 13.6. The SMILES string of the molecule is Cc1ccc(NC(=O)C(Sc2nnc(C3CC3)n2Cc2ccccc2)c2ccccc2)c([N+](=O)[O-])c1. The molecule has 0 bridgehead atoms. The molecule has 182 valence electrons. The van der Waals surface area contributed by atoms with Gasteiger partial charge in [0.1, 0.15) is 16.8 Å². The molecular formula is C27H25N5O3S. The fraction of sp³-hybridized carbons (Fsp3) is 0.222. The number of nitro benzene ring substituents is 1. The Morgan fingerprint density at radius 2 is 1.78 bits per heavy atom. The van der Waals surface area contributed by atoms with Crippen molar-refractivity contribution in [1.82, 2.24) is 14.8 Å². The third kappa shape index (κ3) is 5.31. The maximum Gasteiger partial charge on any atom is 0.293 e. The smallest absolute Gasteiger partial charge is 0.293 e. The van der Waals surface area contributed by atoms with E-state index in [0.29, 0.717) is 17.6 Å². The van der Waals surface area contributed by atoms with Gasteiger partial charge in [0, 0.05) is 12.0 Å². The third-order valence-electron chi connectivity index (χ3n) is 6.04. The van der Waals surface area contributed by atoms with Crippen LogP contribution < -0.4 is 5.32 Å². The summed E-state index contributed by atoms with van der Waals surface area (Å²) in [6.07, 6.45) is 2.16. The summed E-state index contributed by atoms with van der Waals surface area (Å²) in [5.41, 5.74) is 2.68. The van der Waals surface area contributed by atoms with Crippen molar-refractivity contribution >= 4 is 29.0 Å². The van der Waals surface area contributed by atoms with Crippen molar-refractivity contribution in [3.8, 4) is 0 Å². The number of carbonyl (C=O) groups excluding carboxylic acids is 1. The molecule has 3 aromatic carbocycles. The van der Waals surface area contributed by atoms with Crippen molar-refractivity contribution in [1.29, 1.82) is 0 Å². The van der Waals surface area contributed by atoms with E-state index in [9.17, 15) is 14.9 Å². The highest BCUT2D eigenvalue weighted by Crippen LogP contribution is 2.42. The first-order chi connectivity index (χ1) is 17.5. The fourth-order valence-corrected chi connectivity index (χ4v) is 5.09. The van der Waals surface area contributed by atoms with Gasteiger partial charge in [-0.15, -0.1) is 10.2 Å². The molecule has 1 aliphatic rings. The minimum Gasteiger partial charge on any atom is -0.319 e. The minimum absolute atomic E-state index is 0.136. The van der Waals surface area contributed by atoms with Crippen LogP contribution in [0.1, 0.15) is 46.5 Å². The molecule has 1 heterocycles. The van der Waals surface area contributed by atoms with E-state index in [0.717, 1.165) is 35.4 Å². The highest BCUT2D eigenvalue weighted by Gasteiger charge is 2.33. The van der Waals surface area contributed by atoms with Crippen molar-refractivity contribution in [3.63, 3.8) is 0 Å². The summed E-state index contributed by atoms with van der Waals surface area (Å²) < 4.78 is 2.09. The Bertz CT molecular complexity index is 1390. The molecule has 1 unspecified atom stereocenters. The van der Waals surface area contributed by atoms with Crippen molar-refractivity contribution in [3.05, 3.63) is 111 Å². The molecule has 0 aliphatic heterocycles. The Morgan fingerprint density at radius 1 is 1.08 bits per heavy atom. The zero-order chi connectivity index (χ0) is 25.1. The predicted octanol–water partition coefficient (Wildman–Crippen LogP) is 5.89. The first kappa shape index (κ1) is 23.7. The second-order valence-electron chi connectivity index (χ2n) is 8.86. The molecule has 8 nitrogen and oxygen atoms in total. The maximum atomic E-state index is 13.6. The molecule has 0 saturated heterocycles. The number of rotatable bonds is 9. The first-order valence-electron chi connectivity index (χ1n) is 11.7. The van der Waals surface area contributed by atoms with E-state index in [1.807, 2.05) is 48.5 Å². The third-order valence-corrected chi connectivity index (χ3v) is 7.28. The van der Waals surface area contributed by atoms with Crippen LogP contribution in [0.4, 0.5) is 11.4 Å². The lowest BCUT2D eigenvalue weighted by molar-refractivity contribution is -0.384. The molecule has 1 amide bonds. The molecule has 1 N–H and O–H groups in total. The average Bonchev–Trinajstić information content (AvgIpc) is 3.66. The second-order valence-corrected chi connectivity index (χ2v) is 9.93. The zero-order valence-electron chi connectivity index (χ0n) is 19.7. The number of benzene rings is 3. The van der Waals surface area contributed by atoms with Crippen LogP contribution in [0, 0.1) is 17.0 Å². The molecule has 4 aromatic rings. The van der Waals surface area contributed by atoms with Gasteiger partial charge in [-0.05, 0) is 42.5 Å². The van der Waals surface area contributed by atoms with E-state index in [1.165, 1.54) is 17.8 Å². The number of nitro groups is 1. The molecule has 1 aromatic heterocycles. The van der Waals surface area contributed by atoms with Crippen LogP contribution in [0.15, 0.2) is 84.0 Å². The largest absolute Gasteiger partial charge is 0.319 e. The Morgan fingerprint density at radius 3 is 2.44 bits per heavy atom. The molecule has 9 heteroatoms. The Balaban J connectivity index is 1.48. The van der Waals surface area contributed by atoms with Gasteiger partial charge >= 0.3 is 0 Å². The lowest BCUT2D eigenvalue weighted by Gasteiger charge is -2.18. The lowest BCUT2D eigenvalue weighted by Crippen LogP contribution is -2.20. The summed E-state index contributed by atoms with van der Waals surface area (Å²) in [4.78, 5) is 24.7. The quantitative estimate of drug-likeness (QED) is 0.175. The Labute approximate surface area is 212 Å². The summed E-state index contributed by atoms with van der Waals surface area (Å²) >= 11 is 1.31. The number of aryl methyl sites for hydroxylation is 1. The first-order valence-corrected chi connectivity index (χ1v) is 12.6. The molecular weight excluding hydrogens is 474 g/mol. The summed E-state index contributed by atoms with van der Waals surface area (Å²) in [7, 11) is 0. The van der Waals surface area contributed by atoms with Gasteiger partial charge in [0.25, 0.3) is 5.69 Å². The highest BCUT2D eigenvalue weighted by atomic mass is 32.2. The second kappa shape index (κ2) is 10.3. The van der Waals surface area contributed by atoms with E-state index in [4.69, 9.17) is 0 Å². The summed E-state index contributed by atoms with van der Waals surface area (Å²) in [5, 5.41) is 23.3. The summed E-state index contributed by atoms with van der Waals surface area (Å²) in [6, 6.07) is 24.2. The van der Waals surface area contributed by atoms with Crippen LogP contribution in [-0.2, 0) is 11.3 Å². The fourth-order valence-electron chi connectivity index (χ4n) is 4.05. The van der Waals surface area contributed by atoms with E-state index in [2.05, 4.69) is 32.2 Å². The van der Waals surface area contributed by atoms with Crippen LogP contribution in [0.3, 0.4) is 0 Å². The van der Waals surface area contributed by atoms with Gasteiger partial charge in [-0.3, -0.25) is 14.9 Å². The van der Waals surface area contributed by atoms with Crippen LogP contribution in [-0.4, -0.2) is 25.6 Å². The number of nitrogens with one attached hydrogen (secondary N) is 1. The number of carbonyl (C=O) groups is 1. The van der Waals surface area contributed by atoms with Crippen molar-refractivity contribution < 1.29 is 9.72 Å². The zero-order valence-corrected chi connectivity index (χ0v) is 20.5. The van der Waals surface area contributed by atoms with Crippen LogP contribution in [0.25, 0.3) is 0 Å². The normalized spacial score (nSPS) is 13.8. The van der Waals surface area contributed by atoms with Gasteiger partial charge in [-0.1, -0.05) is 78.5 Å². The van der Waals surface area contributed by atoms with Gasteiger partial charge < -0.3 is 9.88 Å². The van der Waals surface area contributed by atoms with Crippen molar-refractivity contribution in [2.24, 2.45) is 0 Å². The number of hydrogen-bond acceptors (Lipinski definition) is 6. The van der Waals surface area contributed by atoms with Crippen LogP contribution in [0.5, 0.6) is 0 Å². The number of thioether (sulfide) groups is 1. The summed E-state index contributed by atoms with van der Waals surface area (Å²) in [6.45, 7) is 2.38. The van der Waals surface area contributed by atoms with E-state index in [-0.39, 0.29) is 17.3 Å². The summed E-state index contributed by atoms with van der Waals surface area (Å²) in [5.74, 6) is 0.956. The number of anilines is 1. The molecule has 0 spiro atoms.